The molecule has 0 spiro atoms. The molecule has 0 amide bonds. The van der Waals surface area contributed by atoms with E-state index < -0.39 is 56.2 Å². The Labute approximate surface area is 331 Å². The number of benzene rings is 3. The summed E-state index contributed by atoms with van der Waals surface area (Å²) in [6.07, 6.45) is 4.38. The lowest BCUT2D eigenvalue weighted by atomic mass is 9.73. The fourth-order valence-corrected chi connectivity index (χ4v) is 8.38. The van der Waals surface area contributed by atoms with Crippen molar-refractivity contribution < 1.29 is 59.9 Å². The first kappa shape index (κ1) is 47.8. The summed E-state index contributed by atoms with van der Waals surface area (Å²) in [6, 6.07) is 17.5. The molecule has 4 rings (SSSR count). The molecule has 0 aliphatic heterocycles. The quantitative estimate of drug-likeness (QED) is 0.0598. The molecule has 15 heteroatoms. The number of ether oxygens (including phenoxy) is 4. The summed E-state index contributed by atoms with van der Waals surface area (Å²) < 4.78 is 77.9. The molecule has 1 saturated carbocycles. The fraction of sp³-hybridized carbons (Fsp3) is 0.463. The molecule has 0 saturated heterocycles. The van der Waals surface area contributed by atoms with Gasteiger partial charge in [-0.2, -0.15) is 0 Å². The maximum absolute atomic E-state index is 13.3. The molecule has 2 atom stereocenters. The normalized spacial score (nSPS) is 16.5. The van der Waals surface area contributed by atoms with Crippen molar-refractivity contribution in [2.24, 2.45) is 11.3 Å². The Morgan fingerprint density at radius 3 is 1.54 bits per heavy atom. The highest BCUT2D eigenvalue weighted by molar-refractivity contribution is 7.95. The van der Waals surface area contributed by atoms with E-state index >= 15 is 0 Å². The molecular weight excluding hydrogens is 771 g/mol. The van der Waals surface area contributed by atoms with E-state index in [2.05, 4.69) is 0 Å². The first-order valence-corrected chi connectivity index (χ1v) is 21.6. The smallest absolute Gasteiger partial charge is 0.324 e. The van der Waals surface area contributed by atoms with Crippen LogP contribution >= 0.6 is 0 Å². The van der Waals surface area contributed by atoms with Crippen LogP contribution in [0.25, 0.3) is 0 Å². The third-order valence-electron chi connectivity index (χ3n) is 9.25. The number of halogens is 2. The zero-order chi connectivity index (χ0) is 42.5. The second kappa shape index (κ2) is 20.7. The molecule has 1 aliphatic carbocycles. The van der Waals surface area contributed by atoms with Crippen LogP contribution in [0.15, 0.2) is 77.7 Å². The summed E-state index contributed by atoms with van der Waals surface area (Å²) in [4.78, 5) is 49.5. The van der Waals surface area contributed by atoms with Gasteiger partial charge in [-0.25, -0.2) is 17.2 Å². The minimum atomic E-state index is -4.27. The van der Waals surface area contributed by atoms with Crippen LogP contribution in [0.5, 0.6) is 0 Å². The van der Waals surface area contributed by atoms with Gasteiger partial charge in [0.25, 0.3) is 0 Å². The van der Waals surface area contributed by atoms with E-state index in [-0.39, 0.29) is 53.9 Å². The SMILES string of the molecule is CCOC(=O)C(C(=O)OCC)C(C)(C[S+](C)C)c1ccc(F)cc1.CCOC(=O)C1(C(=O)OCC)CC1(C)c1ccc(F)cc1.Cc1ccc(S(=O)(=O)[O-])cc1. The number of carbonyl (C=O) groups is 4. The number of rotatable bonds is 14. The van der Waals surface area contributed by atoms with E-state index in [1.54, 1.807) is 71.0 Å². The molecule has 0 N–H and O–H groups in total. The molecular formula is C41H52F2O11S2. The lowest BCUT2D eigenvalue weighted by molar-refractivity contribution is -0.167. The molecule has 2 unspecified atom stereocenters. The van der Waals surface area contributed by atoms with Gasteiger partial charge in [-0.3, -0.25) is 19.2 Å². The molecule has 0 heterocycles. The minimum Gasteiger partial charge on any atom is -0.744 e. The van der Waals surface area contributed by atoms with Crippen LogP contribution in [0.4, 0.5) is 8.78 Å². The van der Waals surface area contributed by atoms with Crippen molar-refractivity contribution in [1.29, 1.82) is 0 Å². The second-order valence-electron chi connectivity index (χ2n) is 13.6. The van der Waals surface area contributed by atoms with Crippen LogP contribution in [-0.2, 0) is 70.0 Å². The predicted molar refractivity (Wildman–Crippen MR) is 208 cm³/mol. The molecule has 308 valence electrons. The van der Waals surface area contributed by atoms with Crippen LogP contribution < -0.4 is 0 Å². The highest BCUT2D eigenvalue weighted by Gasteiger charge is 2.76. The van der Waals surface area contributed by atoms with Crippen LogP contribution in [-0.4, -0.2) is 81.5 Å². The van der Waals surface area contributed by atoms with Gasteiger partial charge in [-0.1, -0.05) is 48.9 Å². The van der Waals surface area contributed by atoms with Gasteiger partial charge in [-0.15, -0.1) is 0 Å². The van der Waals surface area contributed by atoms with Gasteiger partial charge >= 0.3 is 23.9 Å². The summed E-state index contributed by atoms with van der Waals surface area (Å²) >= 11 is 0. The Balaban J connectivity index is 0.000000308. The molecule has 3 aromatic rings. The second-order valence-corrected chi connectivity index (χ2v) is 17.3. The number of hydrogen-bond acceptors (Lipinski definition) is 11. The van der Waals surface area contributed by atoms with Crippen LogP contribution in [0, 0.1) is 29.9 Å². The van der Waals surface area contributed by atoms with Gasteiger partial charge in [0.1, 0.15) is 27.5 Å². The van der Waals surface area contributed by atoms with E-state index in [9.17, 15) is 40.9 Å². The number of aryl methyl sites for hydroxylation is 1. The van der Waals surface area contributed by atoms with Gasteiger partial charge in [0, 0.05) is 5.41 Å². The summed E-state index contributed by atoms with van der Waals surface area (Å²) in [5.74, 6) is -3.58. The molecule has 11 nitrogen and oxygen atoms in total. The standard InChI is InChI=1S/C18H26FO4S.C16H19FO4.C7H8O3S/c1-6-22-16(20)15(17(21)23-7-2)18(3,12-24(4)5)13-8-10-14(19)11-9-13;1-4-20-13(18)16(14(19)21-5-2)10-15(16,3)11-6-8-12(17)9-7-11;1-6-2-4-7(5-3-6)11(8,9)10/h8-11,15H,6-7,12H2,1-5H3;6-9H,4-5,10H2,1-3H3;2-5H,1H3,(H,8,9,10)/q+1;;/p-1. The Hall–Kier alpha value is -4.34. The van der Waals surface area contributed by atoms with Gasteiger partial charge < -0.3 is 23.5 Å². The van der Waals surface area contributed by atoms with Crippen molar-refractivity contribution in [1.82, 2.24) is 0 Å². The average Bonchev–Trinajstić information content (AvgIpc) is 3.77. The Kier molecular flexibility index (Phi) is 17.7. The maximum Gasteiger partial charge on any atom is 0.324 e. The lowest BCUT2D eigenvalue weighted by Gasteiger charge is -2.33. The molecule has 0 radical (unpaired) electrons. The number of esters is 4. The minimum absolute atomic E-state index is 0.0617. The molecule has 0 bridgehead atoms. The maximum atomic E-state index is 13.3. The van der Waals surface area contributed by atoms with Crippen molar-refractivity contribution >= 4 is 44.9 Å². The zero-order valence-electron chi connectivity index (χ0n) is 33.3. The monoisotopic (exact) mass is 822 g/mol. The molecule has 1 aliphatic rings. The largest absolute Gasteiger partial charge is 0.744 e. The van der Waals surface area contributed by atoms with Crippen LogP contribution in [0.3, 0.4) is 0 Å². The van der Waals surface area contributed by atoms with Crippen molar-refractivity contribution in [3.8, 4) is 0 Å². The zero-order valence-corrected chi connectivity index (χ0v) is 34.9. The van der Waals surface area contributed by atoms with Crippen LogP contribution in [0.1, 0.15) is 64.7 Å². The predicted octanol–water partition coefficient (Wildman–Crippen LogP) is 6.20. The molecule has 3 aromatic carbocycles. The first-order valence-electron chi connectivity index (χ1n) is 17.9. The highest BCUT2D eigenvalue weighted by atomic mass is 32.2. The van der Waals surface area contributed by atoms with Crippen molar-refractivity contribution in [2.75, 3.05) is 44.7 Å². The van der Waals surface area contributed by atoms with Crippen LogP contribution in [0.2, 0.25) is 0 Å². The van der Waals surface area contributed by atoms with E-state index in [4.69, 9.17) is 18.9 Å². The summed E-state index contributed by atoms with van der Waals surface area (Å²) in [6.45, 7) is 13.0. The van der Waals surface area contributed by atoms with Crippen molar-refractivity contribution in [3.05, 3.63) is 101 Å². The van der Waals surface area contributed by atoms with E-state index in [0.29, 0.717) is 12.2 Å². The van der Waals surface area contributed by atoms with Gasteiger partial charge in [0.2, 0.25) is 0 Å². The van der Waals surface area contributed by atoms with E-state index in [1.165, 1.54) is 36.4 Å². The molecule has 1 fully saturated rings. The third-order valence-corrected chi connectivity index (χ3v) is 11.3. The van der Waals surface area contributed by atoms with Gasteiger partial charge in [-0.05, 0) is 106 Å². The van der Waals surface area contributed by atoms with E-state index in [1.807, 2.05) is 26.4 Å². The summed E-state index contributed by atoms with van der Waals surface area (Å²) in [7, 11) is -4.33. The highest BCUT2D eigenvalue weighted by Crippen LogP contribution is 2.65. The molecule has 56 heavy (non-hydrogen) atoms. The lowest BCUT2D eigenvalue weighted by Crippen LogP contribution is -2.48. The Morgan fingerprint density at radius 1 is 0.750 bits per heavy atom. The first-order chi connectivity index (χ1) is 26.2. The number of carbonyl (C=O) groups excluding carboxylic acids is 4. The number of hydrogen-bond donors (Lipinski definition) is 0. The topological polar surface area (TPSA) is 162 Å². The van der Waals surface area contributed by atoms with Gasteiger partial charge in [0.15, 0.2) is 11.3 Å². The van der Waals surface area contributed by atoms with Gasteiger partial charge in [0.05, 0.1) is 49.2 Å². The fourth-order valence-electron chi connectivity index (χ4n) is 6.38. The van der Waals surface area contributed by atoms with Crippen molar-refractivity contribution in [3.63, 3.8) is 0 Å². The Bertz CT molecular complexity index is 1850. The molecule has 0 aromatic heterocycles. The summed E-state index contributed by atoms with van der Waals surface area (Å²) in [5, 5.41) is 0. The van der Waals surface area contributed by atoms with Crippen molar-refractivity contribution in [2.45, 2.75) is 70.6 Å². The van der Waals surface area contributed by atoms with E-state index in [0.717, 1.165) is 16.7 Å². The third kappa shape index (κ3) is 11.8. The average molecular weight is 823 g/mol. The summed E-state index contributed by atoms with van der Waals surface area (Å²) in [5.41, 5.74) is -0.506. The Morgan fingerprint density at radius 2 is 1.16 bits per heavy atom.